The van der Waals surface area contributed by atoms with Gasteiger partial charge in [-0.2, -0.15) is 5.10 Å². The number of halogens is 1. The molecule has 2 aromatic heterocycles. The van der Waals surface area contributed by atoms with Crippen molar-refractivity contribution in [3.05, 3.63) is 17.7 Å². The van der Waals surface area contributed by atoms with Crippen LogP contribution in [0.1, 0.15) is 44.6 Å². The van der Waals surface area contributed by atoms with Crippen molar-refractivity contribution in [3.63, 3.8) is 0 Å². The Balaban J connectivity index is 2.02. The third kappa shape index (κ3) is 2.02. The van der Waals surface area contributed by atoms with E-state index in [0.717, 1.165) is 11.0 Å². The molecule has 0 N–H and O–H groups in total. The van der Waals surface area contributed by atoms with Crippen LogP contribution in [-0.4, -0.2) is 19.7 Å². The molecule has 0 saturated heterocycles. The van der Waals surface area contributed by atoms with E-state index in [4.69, 9.17) is 11.6 Å². The number of hydrogen-bond acceptors (Lipinski definition) is 3. The van der Waals surface area contributed by atoms with E-state index < -0.39 is 0 Å². The van der Waals surface area contributed by atoms with Crippen molar-refractivity contribution in [2.24, 2.45) is 0 Å². The Morgan fingerprint density at radius 1 is 1.12 bits per heavy atom. The van der Waals surface area contributed by atoms with Gasteiger partial charge in [0, 0.05) is 0 Å². The number of aromatic nitrogens is 4. The van der Waals surface area contributed by atoms with Gasteiger partial charge in [-0.15, -0.1) is 0 Å². The first kappa shape index (κ1) is 11.0. The highest BCUT2D eigenvalue weighted by molar-refractivity contribution is 6.33. The van der Waals surface area contributed by atoms with Gasteiger partial charge in [-0.25, -0.2) is 14.6 Å². The predicted octanol–water partition coefficient (Wildman–Crippen LogP) is 3.38. The zero-order chi connectivity index (χ0) is 11.7. The standard InChI is InChI=1S/C12H15ClN4/c13-11-10-7-16-17(12(10)15-8-14-11)9-5-3-1-2-4-6-9/h7-9H,1-6H2. The number of hydrogen-bond donors (Lipinski definition) is 0. The number of fused-ring (bicyclic) bond motifs is 1. The van der Waals surface area contributed by atoms with E-state index in [1.54, 1.807) is 6.20 Å². The van der Waals surface area contributed by atoms with Crippen molar-refractivity contribution in [2.75, 3.05) is 0 Å². The van der Waals surface area contributed by atoms with E-state index in [1.807, 2.05) is 4.68 Å². The van der Waals surface area contributed by atoms with Crippen LogP contribution in [0.2, 0.25) is 5.15 Å². The van der Waals surface area contributed by atoms with E-state index in [-0.39, 0.29) is 0 Å². The van der Waals surface area contributed by atoms with Gasteiger partial charge in [0.2, 0.25) is 0 Å². The maximum Gasteiger partial charge on any atom is 0.162 e. The summed E-state index contributed by atoms with van der Waals surface area (Å²) in [4.78, 5) is 8.30. The Morgan fingerprint density at radius 3 is 2.65 bits per heavy atom. The Bertz CT molecular complexity index is 514. The molecule has 0 aliphatic heterocycles. The molecule has 0 aromatic carbocycles. The minimum Gasteiger partial charge on any atom is -0.244 e. The van der Waals surface area contributed by atoms with Crippen molar-refractivity contribution in [1.82, 2.24) is 19.7 Å². The van der Waals surface area contributed by atoms with Crippen LogP contribution in [0.3, 0.4) is 0 Å². The van der Waals surface area contributed by atoms with Crippen molar-refractivity contribution in [1.29, 1.82) is 0 Å². The average Bonchev–Trinajstić information content (AvgIpc) is 2.59. The Morgan fingerprint density at radius 2 is 1.88 bits per heavy atom. The van der Waals surface area contributed by atoms with Gasteiger partial charge in [0.15, 0.2) is 5.65 Å². The van der Waals surface area contributed by atoms with Crippen molar-refractivity contribution >= 4 is 22.6 Å². The third-order valence-electron chi connectivity index (χ3n) is 3.51. The summed E-state index contributed by atoms with van der Waals surface area (Å²) in [5, 5.41) is 5.81. The summed E-state index contributed by atoms with van der Waals surface area (Å²) in [6, 6.07) is 0.473. The Kier molecular flexibility index (Phi) is 2.97. The van der Waals surface area contributed by atoms with Crippen molar-refractivity contribution in [2.45, 2.75) is 44.6 Å². The molecule has 0 radical (unpaired) electrons. The van der Waals surface area contributed by atoms with Gasteiger partial charge >= 0.3 is 0 Å². The van der Waals surface area contributed by atoms with Crippen LogP contribution in [0.5, 0.6) is 0 Å². The molecule has 0 bridgehead atoms. The van der Waals surface area contributed by atoms with E-state index in [2.05, 4.69) is 15.1 Å². The first-order valence-corrected chi connectivity index (χ1v) is 6.58. The molecule has 4 nitrogen and oxygen atoms in total. The van der Waals surface area contributed by atoms with E-state index >= 15 is 0 Å². The summed E-state index contributed by atoms with van der Waals surface area (Å²) in [6.07, 6.45) is 10.9. The average molecular weight is 251 g/mol. The molecule has 0 spiro atoms. The molecule has 5 heteroatoms. The highest BCUT2D eigenvalue weighted by atomic mass is 35.5. The quantitative estimate of drug-likeness (QED) is 0.576. The van der Waals surface area contributed by atoms with Gasteiger partial charge in [-0.05, 0) is 12.8 Å². The second kappa shape index (κ2) is 4.61. The molecule has 1 saturated carbocycles. The smallest absolute Gasteiger partial charge is 0.162 e. The fraction of sp³-hybridized carbons (Fsp3) is 0.583. The lowest BCUT2D eigenvalue weighted by Crippen LogP contribution is -2.10. The summed E-state index contributed by atoms with van der Waals surface area (Å²) >= 11 is 6.04. The monoisotopic (exact) mass is 250 g/mol. The first-order valence-electron chi connectivity index (χ1n) is 6.20. The third-order valence-corrected chi connectivity index (χ3v) is 3.81. The summed E-state index contributed by atoms with van der Waals surface area (Å²) < 4.78 is 2.04. The fourth-order valence-electron chi connectivity index (χ4n) is 2.60. The summed E-state index contributed by atoms with van der Waals surface area (Å²) in [5.74, 6) is 0. The lowest BCUT2D eigenvalue weighted by Gasteiger charge is -2.15. The van der Waals surface area contributed by atoms with Gasteiger partial charge in [-0.1, -0.05) is 37.3 Å². The molecule has 0 amide bonds. The molecule has 0 atom stereocenters. The molecular weight excluding hydrogens is 236 g/mol. The van der Waals surface area contributed by atoms with Crippen LogP contribution < -0.4 is 0 Å². The maximum absolute atomic E-state index is 6.04. The highest BCUT2D eigenvalue weighted by Gasteiger charge is 2.18. The second-order valence-corrected chi connectivity index (χ2v) is 4.99. The maximum atomic E-state index is 6.04. The molecule has 2 aromatic rings. The Hall–Kier alpha value is -1.16. The number of rotatable bonds is 1. The van der Waals surface area contributed by atoms with Gasteiger partial charge < -0.3 is 0 Å². The molecule has 1 aliphatic carbocycles. The minimum absolute atomic E-state index is 0.473. The second-order valence-electron chi connectivity index (χ2n) is 4.64. The van der Waals surface area contributed by atoms with Crippen molar-refractivity contribution in [3.8, 4) is 0 Å². The molecular formula is C12H15ClN4. The largest absolute Gasteiger partial charge is 0.244 e. The van der Waals surface area contributed by atoms with Crippen LogP contribution in [0.25, 0.3) is 11.0 Å². The molecule has 3 rings (SSSR count). The highest BCUT2D eigenvalue weighted by Crippen LogP contribution is 2.29. The summed E-state index contributed by atoms with van der Waals surface area (Å²) in [6.45, 7) is 0. The van der Waals surface area contributed by atoms with E-state index in [9.17, 15) is 0 Å². The predicted molar refractivity (Wildman–Crippen MR) is 67.1 cm³/mol. The van der Waals surface area contributed by atoms with E-state index in [1.165, 1.54) is 44.9 Å². The molecule has 90 valence electrons. The zero-order valence-electron chi connectivity index (χ0n) is 9.64. The fourth-order valence-corrected chi connectivity index (χ4v) is 2.78. The minimum atomic E-state index is 0.473. The van der Waals surface area contributed by atoms with Crippen molar-refractivity contribution < 1.29 is 0 Å². The van der Waals surface area contributed by atoms with Crippen LogP contribution in [0.15, 0.2) is 12.5 Å². The molecule has 2 heterocycles. The summed E-state index contributed by atoms with van der Waals surface area (Å²) in [5.41, 5.74) is 0.872. The van der Waals surface area contributed by atoms with Gasteiger partial charge in [0.25, 0.3) is 0 Å². The lowest BCUT2D eigenvalue weighted by molar-refractivity contribution is 0.415. The van der Waals surface area contributed by atoms with Gasteiger partial charge in [0.1, 0.15) is 11.5 Å². The van der Waals surface area contributed by atoms with Crippen LogP contribution in [-0.2, 0) is 0 Å². The van der Waals surface area contributed by atoms with Gasteiger partial charge in [0.05, 0.1) is 17.6 Å². The van der Waals surface area contributed by atoms with E-state index in [0.29, 0.717) is 11.2 Å². The van der Waals surface area contributed by atoms with Crippen LogP contribution in [0, 0.1) is 0 Å². The van der Waals surface area contributed by atoms with Gasteiger partial charge in [-0.3, -0.25) is 0 Å². The normalized spacial score (nSPS) is 18.4. The molecule has 1 aliphatic rings. The number of nitrogens with zero attached hydrogens (tertiary/aromatic N) is 4. The van der Waals surface area contributed by atoms with Crippen LogP contribution >= 0.6 is 11.6 Å². The Labute approximate surface area is 105 Å². The molecule has 17 heavy (non-hydrogen) atoms. The SMILES string of the molecule is Clc1ncnc2c1cnn2C1CCCCCC1. The first-order chi connectivity index (χ1) is 8.36. The molecule has 0 unspecified atom stereocenters. The lowest BCUT2D eigenvalue weighted by atomic mass is 10.1. The summed E-state index contributed by atoms with van der Waals surface area (Å²) in [7, 11) is 0. The van der Waals surface area contributed by atoms with Crippen LogP contribution in [0.4, 0.5) is 0 Å². The topological polar surface area (TPSA) is 43.6 Å². The zero-order valence-corrected chi connectivity index (χ0v) is 10.4. The molecule has 1 fully saturated rings.